The van der Waals surface area contributed by atoms with Gasteiger partial charge >= 0.3 is 0 Å². The Labute approximate surface area is 145 Å². The highest BCUT2D eigenvalue weighted by Gasteiger charge is 2.21. The van der Waals surface area contributed by atoms with E-state index in [-0.39, 0.29) is 5.91 Å². The number of rotatable bonds is 4. The number of carbonyl (C=O) groups is 2. The van der Waals surface area contributed by atoms with Gasteiger partial charge < -0.3 is 15.1 Å². The van der Waals surface area contributed by atoms with Crippen LogP contribution in [-0.4, -0.2) is 53.3 Å². The van der Waals surface area contributed by atoms with Gasteiger partial charge in [-0.1, -0.05) is 6.07 Å². The molecule has 0 bridgehead atoms. The molecule has 0 saturated carbocycles. The molecule has 0 spiro atoms. The average molecular weight is 335 g/mol. The van der Waals surface area contributed by atoms with Gasteiger partial charge in [0, 0.05) is 38.1 Å². The van der Waals surface area contributed by atoms with Crippen LogP contribution >= 0.6 is 0 Å². The molecule has 1 fully saturated rings. The van der Waals surface area contributed by atoms with Crippen molar-refractivity contribution in [2.45, 2.75) is 0 Å². The van der Waals surface area contributed by atoms with E-state index in [1.54, 1.807) is 40.3 Å². The number of carbonyl (C=O) groups excluding carboxylic acids is 2. The Morgan fingerprint density at radius 1 is 1.16 bits per heavy atom. The van der Waals surface area contributed by atoms with Crippen LogP contribution in [0.3, 0.4) is 0 Å². The third-order valence-electron chi connectivity index (χ3n) is 4.02. The van der Waals surface area contributed by atoms with Crippen LogP contribution in [0.5, 0.6) is 0 Å². The van der Waals surface area contributed by atoms with E-state index in [4.69, 9.17) is 5.26 Å². The SMILES string of the molecule is N#Cc1cccc(Nc2cncc(C(=O)N3CCN(C=O)CC3)c2)c1. The predicted molar refractivity (Wildman–Crippen MR) is 92.2 cm³/mol. The number of amides is 2. The second-order valence-corrected chi connectivity index (χ2v) is 5.71. The molecule has 126 valence electrons. The lowest BCUT2D eigenvalue weighted by atomic mass is 10.2. The quantitative estimate of drug-likeness (QED) is 0.858. The number of benzene rings is 1. The fraction of sp³-hybridized carbons (Fsp3) is 0.222. The van der Waals surface area contributed by atoms with Crippen molar-refractivity contribution in [3.05, 3.63) is 53.9 Å². The first-order valence-corrected chi connectivity index (χ1v) is 7.90. The van der Waals surface area contributed by atoms with Crippen LogP contribution in [0.15, 0.2) is 42.7 Å². The second-order valence-electron chi connectivity index (χ2n) is 5.71. The lowest BCUT2D eigenvalue weighted by molar-refractivity contribution is -0.119. The van der Waals surface area contributed by atoms with E-state index >= 15 is 0 Å². The Bertz CT molecular complexity index is 822. The smallest absolute Gasteiger partial charge is 0.255 e. The van der Waals surface area contributed by atoms with Gasteiger partial charge in [0.15, 0.2) is 0 Å². The van der Waals surface area contributed by atoms with Gasteiger partial charge in [-0.25, -0.2) is 0 Å². The Morgan fingerprint density at radius 2 is 1.96 bits per heavy atom. The number of hydrogen-bond acceptors (Lipinski definition) is 5. The maximum Gasteiger partial charge on any atom is 0.255 e. The highest BCUT2D eigenvalue weighted by Crippen LogP contribution is 2.19. The number of hydrogen-bond donors (Lipinski definition) is 1. The molecule has 0 atom stereocenters. The van der Waals surface area contributed by atoms with Gasteiger partial charge in [0.1, 0.15) is 0 Å². The van der Waals surface area contributed by atoms with Gasteiger partial charge in [0.2, 0.25) is 6.41 Å². The minimum Gasteiger partial charge on any atom is -0.354 e. The molecule has 3 rings (SSSR count). The number of nitrogens with zero attached hydrogens (tertiary/aromatic N) is 4. The standard InChI is InChI=1S/C18H17N5O2/c19-10-14-2-1-3-16(8-14)21-17-9-15(11-20-12-17)18(25)23-6-4-22(13-24)5-7-23/h1-3,8-9,11-13,21H,4-7H2. The van der Waals surface area contributed by atoms with E-state index in [0.29, 0.717) is 43.0 Å². The zero-order valence-corrected chi connectivity index (χ0v) is 13.6. The number of pyridine rings is 1. The molecule has 2 amide bonds. The summed E-state index contributed by atoms with van der Waals surface area (Å²) in [5.41, 5.74) is 2.47. The van der Waals surface area contributed by atoms with Crippen LogP contribution in [0.25, 0.3) is 0 Å². The molecule has 1 aliphatic rings. The lowest BCUT2D eigenvalue weighted by Crippen LogP contribution is -2.48. The van der Waals surface area contributed by atoms with Crippen molar-refractivity contribution >= 4 is 23.7 Å². The van der Waals surface area contributed by atoms with Crippen molar-refractivity contribution in [2.75, 3.05) is 31.5 Å². The highest BCUT2D eigenvalue weighted by molar-refractivity contribution is 5.95. The summed E-state index contributed by atoms with van der Waals surface area (Å²) < 4.78 is 0. The van der Waals surface area contributed by atoms with Crippen molar-refractivity contribution in [3.8, 4) is 6.07 Å². The molecule has 0 radical (unpaired) electrons. The zero-order chi connectivity index (χ0) is 17.6. The van der Waals surface area contributed by atoms with Gasteiger partial charge in [-0.3, -0.25) is 14.6 Å². The molecule has 1 aromatic carbocycles. The summed E-state index contributed by atoms with van der Waals surface area (Å²) in [6.45, 7) is 2.11. The summed E-state index contributed by atoms with van der Waals surface area (Å²) in [6, 6.07) is 10.9. The number of nitrogens with one attached hydrogen (secondary N) is 1. The molecular formula is C18H17N5O2. The Balaban J connectivity index is 1.72. The monoisotopic (exact) mass is 335 g/mol. The van der Waals surface area contributed by atoms with Gasteiger partial charge in [0.25, 0.3) is 5.91 Å². The molecule has 7 nitrogen and oxygen atoms in total. The molecule has 2 aromatic rings. The van der Waals surface area contributed by atoms with Crippen LogP contribution in [0.1, 0.15) is 15.9 Å². The maximum absolute atomic E-state index is 12.6. The van der Waals surface area contributed by atoms with Crippen LogP contribution in [0, 0.1) is 11.3 Å². The first kappa shape index (κ1) is 16.5. The third-order valence-corrected chi connectivity index (χ3v) is 4.02. The fourth-order valence-corrected chi connectivity index (χ4v) is 2.67. The molecule has 7 heteroatoms. The van der Waals surface area contributed by atoms with E-state index < -0.39 is 0 Å². The number of anilines is 2. The molecule has 0 aliphatic carbocycles. The van der Waals surface area contributed by atoms with Crippen molar-refractivity contribution < 1.29 is 9.59 Å². The van der Waals surface area contributed by atoms with Crippen LogP contribution in [0.4, 0.5) is 11.4 Å². The summed E-state index contributed by atoms with van der Waals surface area (Å²) in [5.74, 6) is -0.104. The minimum atomic E-state index is -0.104. The predicted octanol–water partition coefficient (Wildman–Crippen LogP) is 1.61. The first-order valence-electron chi connectivity index (χ1n) is 7.90. The molecule has 0 unspecified atom stereocenters. The molecule has 1 N–H and O–H groups in total. The van der Waals surface area contributed by atoms with Gasteiger partial charge in [0.05, 0.1) is 29.1 Å². The number of nitriles is 1. The molecule has 2 heterocycles. The van der Waals surface area contributed by atoms with Crippen LogP contribution < -0.4 is 5.32 Å². The van der Waals surface area contributed by atoms with Crippen LogP contribution in [0.2, 0.25) is 0 Å². The number of aromatic nitrogens is 1. The highest BCUT2D eigenvalue weighted by atomic mass is 16.2. The summed E-state index contributed by atoms with van der Waals surface area (Å²) in [6.07, 6.45) is 3.97. The average Bonchev–Trinajstić information content (AvgIpc) is 2.68. The van der Waals surface area contributed by atoms with Crippen molar-refractivity contribution in [2.24, 2.45) is 0 Å². The van der Waals surface area contributed by atoms with Crippen molar-refractivity contribution in [1.29, 1.82) is 5.26 Å². The summed E-state index contributed by atoms with van der Waals surface area (Å²) >= 11 is 0. The van der Waals surface area contributed by atoms with Gasteiger partial charge in [-0.2, -0.15) is 5.26 Å². The van der Waals surface area contributed by atoms with E-state index in [1.807, 2.05) is 6.07 Å². The fourth-order valence-electron chi connectivity index (χ4n) is 2.67. The number of piperazine rings is 1. The Hall–Kier alpha value is -3.40. The van der Waals surface area contributed by atoms with E-state index in [0.717, 1.165) is 12.1 Å². The minimum absolute atomic E-state index is 0.104. The van der Waals surface area contributed by atoms with Crippen molar-refractivity contribution in [3.63, 3.8) is 0 Å². The summed E-state index contributed by atoms with van der Waals surface area (Å²) in [5, 5.41) is 12.1. The molecule has 1 aliphatic heterocycles. The first-order chi connectivity index (χ1) is 12.2. The Kier molecular flexibility index (Phi) is 4.90. The third kappa shape index (κ3) is 3.93. The molecule has 1 saturated heterocycles. The summed E-state index contributed by atoms with van der Waals surface area (Å²) in [4.78, 5) is 30.9. The largest absolute Gasteiger partial charge is 0.354 e. The molecule has 1 aromatic heterocycles. The zero-order valence-electron chi connectivity index (χ0n) is 13.6. The topological polar surface area (TPSA) is 89.3 Å². The van der Waals surface area contributed by atoms with E-state index in [1.165, 1.54) is 6.20 Å². The van der Waals surface area contributed by atoms with Gasteiger partial charge in [-0.15, -0.1) is 0 Å². The maximum atomic E-state index is 12.6. The van der Waals surface area contributed by atoms with Crippen molar-refractivity contribution in [1.82, 2.24) is 14.8 Å². The van der Waals surface area contributed by atoms with E-state index in [9.17, 15) is 9.59 Å². The second kappa shape index (κ2) is 7.45. The van der Waals surface area contributed by atoms with E-state index in [2.05, 4.69) is 16.4 Å². The lowest BCUT2D eigenvalue weighted by Gasteiger charge is -2.32. The Morgan fingerprint density at radius 3 is 2.68 bits per heavy atom. The normalized spacial score (nSPS) is 13.9. The molecular weight excluding hydrogens is 318 g/mol. The van der Waals surface area contributed by atoms with Gasteiger partial charge in [-0.05, 0) is 24.3 Å². The summed E-state index contributed by atoms with van der Waals surface area (Å²) in [7, 11) is 0. The van der Waals surface area contributed by atoms with Crippen LogP contribution in [-0.2, 0) is 4.79 Å². The molecule has 25 heavy (non-hydrogen) atoms.